The summed E-state index contributed by atoms with van der Waals surface area (Å²) >= 11 is 1.17. The van der Waals surface area contributed by atoms with Crippen molar-refractivity contribution in [3.8, 4) is 17.2 Å². The van der Waals surface area contributed by atoms with Crippen LogP contribution in [0.15, 0.2) is 47.6 Å². The smallest absolute Gasteiger partial charge is 0.234 e. The number of rotatable bonds is 7. The molecule has 1 aromatic heterocycles. The molecule has 0 unspecified atom stereocenters. The summed E-state index contributed by atoms with van der Waals surface area (Å²) in [7, 11) is 3.09. The van der Waals surface area contributed by atoms with E-state index in [1.807, 2.05) is 0 Å². The van der Waals surface area contributed by atoms with E-state index in [-0.39, 0.29) is 17.5 Å². The number of halogens is 1. The number of nitrogens with zero attached hydrogens (tertiary/aromatic N) is 4. The summed E-state index contributed by atoms with van der Waals surface area (Å²) in [6.45, 7) is 0. The minimum atomic E-state index is -0.364. The van der Waals surface area contributed by atoms with Crippen molar-refractivity contribution in [2.75, 3.05) is 25.3 Å². The Kier molecular flexibility index (Phi) is 5.87. The average molecular weight is 389 g/mol. The van der Waals surface area contributed by atoms with Gasteiger partial charge in [-0.05, 0) is 46.8 Å². The van der Waals surface area contributed by atoms with Crippen molar-refractivity contribution >= 4 is 23.4 Å². The normalized spacial score (nSPS) is 10.5. The van der Waals surface area contributed by atoms with E-state index < -0.39 is 0 Å². The first-order valence-corrected chi connectivity index (χ1v) is 8.78. The zero-order chi connectivity index (χ0) is 19.2. The van der Waals surface area contributed by atoms with Crippen LogP contribution in [0.2, 0.25) is 0 Å². The highest BCUT2D eigenvalue weighted by atomic mass is 32.2. The van der Waals surface area contributed by atoms with Crippen molar-refractivity contribution in [2.24, 2.45) is 0 Å². The first-order chi connectivity index (χ1) is 13.1. The van der Waals surface area contributed by atoms with Gasteiger partial charge in [0.05, 0.1) is 25.7 Å². The first kappa shape index (κ1) is 18.6. The summed E-state index contributed by atoms with van der Waals surface area (Å²) < 4.78 is 24.9. The summed E-state index contributed by atoms with van der Waals surface area (Å²) in [4.78, 5) is 12.1. The summed E-state index contributed by atoms with van der Waals surface area (Å²) in [5.41, 5.74) is 1.18. The first-order valence-electron chi connectivity index (χ1n) is 7.79. The Balaban J connectivity index is 1.68. The van der Waals surface area contributed by atoms with Crippen LogP contribution in [0.1, 0.15) is 0 Å². The predicted octanol–water partition coefficient (Wildman–Crippen LogP) is 2.55. The number of anilines is 1. The van der Waals surface area contributed by atoms with Crippen LogP contribution in [0.25, 0.3) is 5.69 Å². The molecule has 0 aliphatic carbocycles. The molecular formula is C17H16FN5O3S. The van der Waals surface area contributed by atoms with Gasteiger partial charge in [-0.2, -0.15) is 4.68 Å². The lowest BCUT2D eigenvalue weighted by Crippen LogP contribution is -2.14. The van der Waals surface area contributed by atoms with Gasteiger partial charge in [0.25, 0.3) is 0 Å². The van der Waals surface area contributed by atoms with Gasteiger partial charge in [0.2, 0.25) is 11.1 Å². The molecule has 0 atom stereocenters. The van der Waals surface area contributed by atoms with Gasteiger partial charge in [-0.3, -0.25) is 4.79 Å². The topological polar surface area (TPSA) is 91.2 Å². The Bertz CT molecular complexity index is 933. The van der Waals surface area contributed by atoms with E-state index in [0.29, 0.717) is 28.0 Å². The number of carbonyl (C=O) groups is 1. The number of thioether (sulfide) groups is 1. The van der Waals surface area contributed by atoms with Gasteiger partial charge in [-0.15, -0.1) is 5.10 Å². The molecule has 3 rings (SSSR count). The quantitative estimate of drug-likeness (QED) is 0.621. The van der Waals surface area contributed by atoms with Gasteiger partial charge in [0.15, 0.2) is 11.5 Å². The highest BCUT2D eigenvalue weighted by Gasteiger charge is 2.14. The van der Waals surface area contributed by atoms with Crippen LogP contribution in [0, 0.1) is 5.82 Å². The van der Waals surface area contributed by atoms with Gasteiger partial charge in [0, 0.05) is 11.8 Å². The Morgan fingerprint density at radius 3 is 2.59 bits per heavy atom. The number of methoxy groups -OCH3 is 2. The van der Waals surface area contributed by atoms with Gasteiger partial charge < -0.3 is 14.8 Å². The van der Waals surface area contributed by atoms with Gasteiger partial charge >= 0.3 is 0 Å². The number of carbonyl (C=O) groups excluding carboxylic acids is 1. The molecule has 10 heteroatoms. The zero-order valence-corrected chi connectivity index (χ0v) is 15.4. The summed E-state index contributed by atoms with van der Waals surface area (Å²) in [5, 5.41) is 14.7. The minimum Gasteiger partial charge on any atom is -0.493 e. The molecule has 140 valence electrons. The Morgan fingerprint density at radius 1 is 1.15 bits per heavy atom. The van der Waals surface area contributed by atoms with E-state index in [4.69, 9.17) is 9.47 Å². The van der Waals surface area contributed by atoms with Crippen LogP contribution in [-0.2, 0) is 4.79 Å². The molecule has 1 N–H and O–H groups in total. The van der Waals surface area contributed by atoms with Gasteiger partial charge in [-0.1, -0.05) is 11.8 Å². The Labute approximate surface area is 158 Å². The largest absolute Gasteiger partial charge is 0.493 e. The maximum Gasteiger partial charge on any atom is 0.234 e. The standard InChI is InChI=1S/C17H16FN5O3S/c1-25-14-8-7-13(9-15(14)26-2)23-17(20-21-22-23)27-10-16(24)19-12-5-3-11(18)4-6-12/h3-9H,10H2,1-2H3,(H,19,24). The van der Waals surface area contributed by atoms with Crippen molar-refractivity contribution in [3.05, 3.63) is 48.3 Å². The van der Waals surface area contributed by atoms with Crippen LogP contribution in [0.5, 0.6) is 11.5 Å². The predicted molar refractivity (Wildman–Crippen MR) is 98.0 cm³/mol. The minimum absolute atomic E-state index is 0.0883. The number of benzene rings is 2. The number of hydrogen-bond donors (Lipinski definition) is 1. The number of nitrogens with one attached hydrogen (secondary N) is 1. The van der Waals surface area contributed by atoms with Crippen LogP contribution in [0.3, 0.4) is 0 Å². The average Bonchev–Trinajstić information content (AvgIpc) is 3.16. The fourth-order valence-corrected chi connectivity index (χ4v) is 2.94. The third-order valence-corrected chi connectivity index (χ3v) is 4.43. The third-order valence-electron chi connectivity index (χ3n) is 3.51. The van der Waals surface area contributed by atoms with Crippen LogP contribution >= 0.6 is 11.8 Å². The van der Waals surface area contributed by atoms with Crippen LogP contribution in [0.4, 0.5) is 10.1 Å². The highest BCUT2D eigenvalue weighted by molar-refractivity contribution is 7.99. The fourth-order valence-electron chi connectivity index (χ4n) is 2.25. The van der Waals surface area contributed by atoms with Crippen molar-refractivity contribution in [1.82, 2.24) is 20.2 Å². The second-order valence-electron chi connectivity index (χ2n) is 5.26. The van der Waals surface area contributed by atoms with E-state index in [0.717, 1.165) is 0 Å². The summed E-state index contributed by atoms with van der Waals surface area (Å²) in [6, 6.07) is 10.8. The third kappa shape index (κ3) is 4.53. The molecule has 27 heavy (non-hydrogen) atoms. The summed E-state index contributed by atoms with van der Waals surface area (Å²) in [6.07, 6.45) is 0. The van der Waals surface area contributed by atoms with E-state index in [9.17, 15) is 9.18 Å². The molecule has 0 saturated carbocycles. The van der Waals surface area contributed by atoms with Crippen molar-refractivity contribution in [1.29, 1.82) is 0 Å². The molecular weight excluding hydrogens is 373 g/mol. The second-order valence-corrected chi connectivity index (χ2v) is 6.20. The number of amides is 1. The van der Waals surface area contributed by atoms with E-state index >= 15 is 0 Å². The van der Waals surface area contributed by atoms with E-state index in [1.165, 1.54) is 47.8 Å². The monoisotopic (exact) mass is 389 g/mol. The van der Waals surface area contributed by atoms with Crippen molar-refractivity contribution < 1.29 is 18.7 Å². The molecule has 0 aliphatic rings. The molecule has 0 aliphatic heterocycles. The van der Waals surface area contributed by atoms with E-state index in [1.54, 1.807) is 25.3 Å². The number of hydrogen-bond acceptors (Lipinski definition) is 7. The second kappa shape index (κ2) is 8.49. The van der Waals surface area contributed by atoms with Crippen molar-refractivity contribution in [2.45, 2.75) is 5.16 Å². The maximum absolute atomic E-state index is 12.9. The molecule has 0 fully saturated rings. The Hall–Kier alpha value is -3.14. The number of aromatic nitrogens is 4. The fraction of sp³-hybridized carbons (Fsp3) is 0.176. The molecule has 0 radical (unpaired) electrons. The van der Waals surface area contributed by atoms with Crippen LogP contribution < -0.4 is 14.8 Å². The highest BCUT2D eigenvalue weighted by Crippen LogP contribution is 2.30. The molecule has 0 spiro atoms. The van der Waals surface area contributed by atoms with Crippen LogP contribution in [-0.4, -0.2) is 46.1 Å². The SMILES string of the molecule is COc1ccc(-n2nnnc2SCC(=O)Nc2ccc(F)cc2)cc1OC. The Morgan fingerprint density at radius 2 is 1.89 bits per heavy atom. The lowest BCUT2D eigenvalue weighted by atomic mass is 10.3. The lowest BCUT2D eigenvalue weighted by Gasteiger charge is -2.10. The zero-order valence-electron chi connectivity index (χ0n) is 14.5. The maximum atomic E-state index is 12.9. The molecule has 1 amide bonds. The van der Waals surface area contributed by atoms with E-state index in [2.05, 4.69) is 20.8 Å². The molecule has 0 bridgehead atoms. The number of ether oxygens (including phenoxy) is 2. The van der Waals surface area contributed by atoms with Crippen molar-refractivity contribution in [3.63, 3.8) is 0 Å². The molecule has 8 nitrogen and oxygen atoms in total. The molecule has 1 heterocycles. The van der Waals surface area contributed by atoms with Gasteiger partial charge in [-0.25, -0.2) is 4.39 Å². The number of tetrazole rings is 1. The van der Waals surface area contributed by atoms with Gasteiger partial charge in [0.1, 0.15) is 5.82 Å². The summed E-state index contributed by atoms with van der Waals surface area (Å²) in [5.74, 6) is 0.591. The lowest BCUT2D eigenvalue weighted by molar-refractivity contribution is -0.113. The molecule has 0 saturated heterocycles. The molecule has 2 aromatic carbocycles. The molecule has 3 aromatic rings.